The van der Waals surface area contributed by atoms with Gasteiger partial charge in [0.05, 0.1) is 6.61 Å². The molecule has 0 aliphatic heterocycles. The molecule has 0 amide bonds. The Morgan fingerprint density at radius 1 is 1.05 bits per heavy atom. The molecule has 108 valence electrons. The molecule has 19 heavy (non-hydrogen) atoms. The van der Waals surface area contributed by atoms with Crippen LogP contribution in [-0.4, -0.2) is 17.3 Å². The van der Waals surface area contributed by atoms with Gasteiger partial charge in [0.25, 0.3) is 0 Å². The molecular formula is C17H29NO. The number of aliphatic hydroxyl groups is 1. The summed E-state index contributed by atoms with van der Waals surface area (Å²) in [5.41, 5.74) is 2.56. The Morgan fingerprint density at radius 3 is 2.00 bits per heavy atom. The van der Waals surface area contributed by atoms with E-state index in [9.17, 15) is 5.11 Å². The van der Waals surface area contributed by atoms with Crippen molar-refractivity contribution < 1.29 is 5.11 Å². The highest BCUT2D eigenvalue weighted by Crippen LogP contribution is 2.16. The average molecular weight is 263 g/mol. The van der Waals surface area contributed by atoms with E-state index in [-0.39, 0.29) is 12.1 Å². The van der Waals surface area contributed by atoms with Gasteiger partial charge in [-0.25, -0.2) is 0 Å². The Morgan fingerprint density at radius 2 is 1.58 bits per heavy atom. The quantitative estimate of drug-likeness (QED) is 0.752. The SMILES string of the molecule is CCC(CC)(CO)NCc1ccc(CC(C)C)cc1. The molecule has 1 aromatic carbocycles. The summed E-state index contributed by atoms with van der Waals surface area (Å²) in [6.45, 7) is 9.76. The van der Waals surface area contributed by atoms with Gasteiger partial charge in [-0.1, -0.05) is 52.0 Å². The lowest BCUT2D eigenvalue weighted by molar-refractivity contribution is 0.149. The van der Waals surface area contributed by atoms with E-state index >= 15 is 0 Å². The van der Waals surface area contributed by atoms with Crippen LogP contribution in [0.3, 0.4) is 0 Å². The highest BCUT2D eigenvalue weighted by molar-refractivity contribution is 5.23. The van der Waals surface area contributed by atoms with Crippen LogP contribution in [0.1, 0.15) is 51.7 Å². The maximum atomic E-state index is 9.54. The first kappa shape index (κ1) is 16.2. The van der Waals surface area contributed by atoms with Gasteiger partial charge in [-0.05, 0) is 36.3 Å². The molecule has 2 N–H and O–H groups in total. The summed E-state index contributed by atoms with van der Waals surface area (Å²) in [5, 5.41) is 13.0. The fourth-order valence-corrected chi connectivity index (χ4v) is 2.33. The fraction of sp³-hybridized carbons (Fsp3) is 0.647. The van der Waals surface area contributed by atoms with Crippen LogP contribution in [0.5, 0.6) is 0 Å². The zero-order valence-corrected chi connectivity index (χ0v) is 12.9. The highest BCUT2D eigenvalue weighted by Gasteiger charge is 2.23. The third-order valence-electron chi connectivity index (χ3n) is 3.99. The van der Waals surface area contributed by atoms with Crippen LogP contribution >= 0.6 is 0 Å². The van der Waals surface area contributed by atoms with E-state index in [4.69, 9.17) is 0 Å². The molecule has 1 aromatic rings. The van der Waals surface area contributed by atoms with E-state index in [2.05, 4.69) is 57.3 Å². The Hall–Kier alpha value is -0.860. The zero-order chi connectivity index (χ0) is 14.3. The monoisotopic (exact) mass is 263 g/mol. The summed E-state index contributed by atoms with van der Waals surface area (Å²) in [6.07, 6.45) is 3.04. The van der Waals surface area contributed by atoms with Gasteiger partial charge >= 0.3 is 0 Å². The number of benzene rings is 1. The zero-order valence-electron chi connectivity index (χ0n) is 12.9. The third kappa shape index (κ3) is 4.96. The van der Waals surface area contributed by atoms with Gasteiger partial charge in [0, 0.05) is 12.1 Å². The van der Waals surface area contributed by atoms with E-state index in [1.54, 1.807) is 0 Å². The van der Waals surface area contributed by atoms with Crippen LogP contribution in [0.4, 0.5) is 0 Å². The van der Waals surface area contributed by atoms with Crippen LogP contribution in [0.25, 0.3) is 0 Å². The molecule has 1 rings (SSSR count). The normalized spacial score (nSPS) is 12.1. The Balaban J connectivity index is 2.58. The van der Waals surface area contributed by atoms with Gasteiger partial charge in [0.1, 0.15) is 0 Å². The molecule has 0 aliphatic carbocycles. The molecule has 0 aromatic heterocycles. The summed E-state index contributed by atoms with van der Waals surface area (Å²) in [4.78, 5) is 0. The predicted octanol–water partition coefficient (Wildman–Crippen LogP) is 3.53. The molecule has 0 atom stereocenters. The molecule has 0 aliphatic rings. The van der Waals surface area contributed by atoms with Gasteiger partial charge in [-0.15, -0.1) is 0 Å². The van der Waals surface area contributed by atoms with Crippen molar-refractivity contribution in [2.45, 2.75) is 59.0 Å². The standard InChI is InChI=1S/C17H29NO/c1-5-17(6-2,13-19)18-12-16-9-7-15(8-10-16)11-14(3)4/h7-10,14,18-19H,5-6,11-13H2,1-4H3. The van der Waals surface area contributed by atoms with Crippen LogP contribution in [0.2, 0.25) is 0 Å². The fourth-order valence-electron chi connectivity index (χ4n) is 2.33. The molecule has 0 radical (unpaired) electrons. The van der Waals surface area contributed by atoms with Crippen molar-refractivity contribution in [2.24, 2.45) is 5.92 Å². The molecule has 0 spiro atoms. The molecular weight excluding hydrogens is 234 g/mol. The van der Waals surface area contributed by atoms with E-state index in [0.717, 1.165) is 25.8 Å². The number of aliphatic hydroxyl groups excluding tert-OH is 1. The van der Waals surface area contributed by atoms with Crippen LogP contribution in [0.15, 0.2) is 24.3 Å². The Bertz CT molecular complexity index is 344. The van der Waals surface area contributed by atoms with E-state index in [0.29, 0.717) is 5.92 Å². The van der Waals surface area contributed by atoms with Crippen molar-refractivity contribution in [3.05, 3.63) is 35.4 Å². The van der Waals surface area contributed by atoms with Crippen molar-refractivity contribution in [3.63, 3.8) is 0 Å². The van der Waals surface area contributed by atoms with E-state index in [1.165, 1.54) is 11.1 Å². The molecule has 0 unspecified atom stereocenters. The molecule has 2 heteroatoms. The topological polar surface area (TPSA) is 32.3 Å². The van der Waals surface area contributed by atoms with Gasteiger partial charge in [0.15, 0.2) is 0 Å². The van der Waals surface area contributed by atoms with E-state index < -0.39 is 0 Å². The lowest BCUT2D eigenvalue weighted by Gasteiger charge is -2.31. The minimum Gasteiger partial charge on any atom is -0.394 e. The van der Waals surface area contributed by atoms with Gasteiger partial charge in [-0.3, -0.25) is 0 Å². The van der Waals surface area contributed by atoms with Gasteiger partial charge in [0.2, 0.25) is 0 Å². The first-order valence-corrected chi connectivity index (χ1v) is 7.49. The van der Waals surface area contributed by atoms with Crippen molar-refractivity contribution >= 4 is 0 Å². The van der Waals surface area contributed by atoms with Gasteiger partial charge in [-0.2, -0.15) is 0 Å². The molecule has 0 saturated carbocycles. The summed E-state index contributed by atoms with van der Waals surface area (Å²) in [6, 6.07) is 8.82. The second kappa shape index (κ2) is 7.66. The first-order valence-electron chi connectivity index (χ1n) is 7.49. The Kier molecular flexibility index (Phi) is 6.53. The van der Waals surface area contributed by atoms with Crippen molar-refractivity contribution in [1.29, 1.82) is 0 Å². The third-order valence-corrected chi connectivity index (χ3v) is 3.99. The number of nitrogens with one attached hydrogen (secondary N) is 1. The summed E-state index contributed by atoms with van der Waals surface area (Å²) < 4.78 is 0. The van der Waals surface area contributed by atoms with Crippen LogP contribution in [0, 0.1) is 5.92 Å². The molecule has 2 nitrogen and oxygen atoms in total. The highest BCUT2D eigenvalue weighted by atomic mass is 16.3. The van der Waals surface area contributed by atoms with Gasteiger partial charge < -0.3 is 10.4 Å². The Labute approximate surface area is 118 Å². The minimum absolute atomic E-state index is 0.128. The van der Waals surface area contributed by atoms with Crippen molar-refractivity contribution in [1.82, 2.24) is 5.32 Å². The summed E-state index contributed by atoms with van der Waals surface area (Å²) >= 11 is 0. The average Bonchev–Trinajstić information content (AvgIpc) is 2.42. The summed E-state index contributed by atoms with van der Waals surface area (Å²) in [7, 11) is 0. The minimum atomic E-state index is -0.128. The summed E-state index contributed by atoms with van der Waals surface area (Å²) in [5.74, 6) is 0.700. The number of hydrogen-bond acceptors (Lipinski definition) is 2. The van der Waals surface area contributed by atoms with Crippen LogP contribution < -0.4 is 5.32 Å². The number of rotatable bonds is 8. The second-order valence-corrected chi connectivity index (χ2v) is 5.91. The van der Waals surface area contributed by atoms with Crippen molar-refractivity contribution in [2.75, 3.05) is 6.61 Å². The molecule has 0 heterocycles. The lowest BCUT2D eigenvalue weighted by Crippen LogP contribution is -2.47. The predicted molar refractivity (Wildman–Crippen MR) is 82.2 cm³/mol. The van der Waals surface area contributed by atoms with Crippen molar-refractivity contribution in [3.8, 4) is 0 Å². The lowest BCUT2D eigenvalue weighted by atomic mass is 9.93. The molecule has 0 bridgehead atoms. The molecule has 0 fully saturated rings. The second-order valence-electron chi connectivity index (χ2n) is 5.91. The largest absolute Gasteiger partial charge is 0.394 e. The smallest absolute Gasteiger partial charge is 0.0613 e. The molecule has 0 saturated heterocycles. The first-order chi connectivity index (χ1) is 9.05. The maximum Gasteiger partial charge on any atom is 0.0613 e. The van der Waals surface area contributed by atoms with Crippen LogP contribution in [-0.2, 0) is 13.0 Å². The van der Waals surface area contributed by atoms with E-state index in [1.807, 2.05) is 0 Å². The number of hydrogen-bond donors (Lipinski definition) is 2. The maximum absolute atomic E-state index is 9.54.